The molecule has 0 spiro atoms. The van der Waals surface area contributed by atoms with Crippen LogP contribution >= 0.6 is 15.9 Å². The van der Waals surface area contributed by atoms with Crippen molar-refractivity contribution in [3.8, 4) is 0 Å². The maximum atomic E-state index is 10.5. The van der Waals surface area contributed by atoms with Gasteiger partial charge in [0.05, 0.1) is 11.7 Å². The Labute approximate surface area is 116 Å². The SMILES string of the molecule is OC(Cc1ccc(Br)cn1)C1(O)CCCCCC1. The van der Waals surface area contributed by atoms with Gasteiger partial charge in [0.2, 0.25) is 0 Å². The van der Waals surface area contributed by atoms with Crippen molar-refractivity contribution in [3.63, 3.8) is 0 Å². The molecule has 1 atom stereocenters. The van der Waals surface area contributed by atoms with E-state index in [1.165, 1.54) is 0 Å². The van der Waals surface area contributed by atoms with Gasteiger partial charge >= 0.3 is 0 Å². The highest BCUT2D eigenvalue weighted by atomic mass is 79.9. The van der Waals surface area contributed by atoms with Crippen molar-refractivity contribution in [3.05, 3.63) is 28.5 Å². The number of halogens is 1. The molecule has 1 fully saturated rings. The molecule has 0 aromatic carbocycles. The van der Waals surface area contributed by atoms with E-state index in [4.69, 9.17) is 0 Å². The van der Waals surface area contributed by atoms with E-state index >= 15 is 0 Å². The highest BCUT2D eigenvalue weighted by molar-refractivity contribution is 9.10. The van der Waals surface area contributed by atoms with Crippen molar-refractivity contribution in [2.75, 3.05) is 0 Å². The normalized spacial score (nSPS) is 21.3. The predicted molar refractivity (Wildman–Crippen MR) is 74.3 cm³/mol. The van der Waals surface area contributed by atoms with Crippen LogP contribution in [0.3, 0.4) is 0 Å². The van der Waals surface area contributed by atoms with Crippen molar-refractivity contribution < 1.29 is 10.2 Å². The van der Waals surface area contributed by atoms with Gasteiger partial charge in [0.25, 0.3) is 0 Å². The molecule has 0 radical (unpaired) electrons. The smallest absolute Gasteiger partial charge is 0.0909 e. The fourth-order valence-corrected chi connectivity index (χ4v) is 2.82. The molecule has 0 amide bonds. The summed E-state index contributed by atoms with van der Waals surface area (Å²) in [6.07, 6.45) is 7.14. The molecule has 100 valence electrons. The van der Waals surface area contributed by atoms with E-state index in [0.29, 0.717) is 19.3 Å². The number of hydrogen-bond donors (Lipinski definition) is 2. The first-order chi connectivity index (χ1) is 8.60. The highest BCUT2D eigenvalue weighted by Crippen LogP contribution is 2.31. The van der Waals surface area contributed by atoms with Crippen molar-refractivity contribution >= 4 is 15.9 Å². The molecule has 2 N–H and O–H groups in total. The van der Waals surface area contributed by atoms with Crippen molar-refractivity contribution in [1.82, 2.24) is 4.98 Å². The van der Waals surface area contributed by atoms with Crippen LogP contribution in [0.2, 0.25) is 0 Å². The van der Waals surface area contributed by atoms with Crippen molar-refractivity contribution in [1.29, 1.82) is 0 Å². The number of pyridine rings is 1. The van der Waals surface area contributed by atoms with Crippen molar-refractivity contribution in [2.45, 2.75) is 56.7 Å². The molecular formula is C14H20BrNO2. The minimum atomic E-state index is -0.925. The molecule has 0 bridgehead atoms. The summed E-state index contributed by atoms with van der Waals surface area (Å²) in [4.78, 5) is 4.25. The lowest BCUT2D eigenvalue weighted by atomic mass is 9.86. The van der Waals surface area contributed by atoms with Crippen molar-refractivity contribution in [2.24, 2.45) is 0 Å². The molecule has 0 aliphatic heterocycles. The Morgan fingerprint density at radius 3 is 2.44 bits per heavy atom. The van der Waals surface area contributed by atoms with Gasteiger partial charge in [-0.25, -0.2) is 0 Å². The van der Waals surface area contributed by atoms with Gasteiger partial charge < -0.3 is 10.2 Å². The van der Waals surface area contributed by atoms with Crippen LogP contribution < -0.4 is 0 Å². The maximum absolute atomic E-state index is 10.5. The molecule has 1 aromatic rings. The lowest BCUT2D eigenvalue weighted by Crippen LogP contribution is -2.43. The minimum Gasteiger partial charge on any atom is -0.390 e. The van der Waals surface area contributed by atoms with E-state index in [0.717, 1.165) is 35.8 Å². The second-order valence-electron chi connectivity index (χ2n) is 5.21. The standard InChI is InChI=1S/C14H20BrNO2/c15-11-5-6-12(16-10-11)9-13(17)14(18)7-3-1-2-4-8-14/h5-6,10,13,17-18H,1-4,7-9H2. The molecule has 1 aromatic heterocycles. The van der Waals surface area contributed by atoms with E-state index in [1.807, 2.05) is 12.1 Å². The number of aliphatic hydroxyl groups excluding tert-OH is 1. The predicted octanol–water partition coefficient (Wildman–Crippen LogP) is 2.83. The zero-order valence-electron chi connectivity index (χ0n) is 10.5. The summed E-state index contributed by atoms with van der Waals surface area (Å²) in [7, 11) is 0. The zero-order chi connectivity index (χ0) is 13.0. The van der Waals surface area contributed by atoms with Crippen LogP contribution in [0, 0.1) is 0 Å². The summed E-state index contributed by atoms with van der Waals surface area (Å²) >= 11 is 3.33. The van der Waals surface area contributed by atoms with Crippen LogP contribution in [0.15, 0.2) is 22.8 Å². The zero-order valence-corrected chi connectivity index (χ0v) is 12.1. The van der Waals surface area contributed by atoms with E-state index in [9.17, 15) is 10.2 Å². The Morgan fingerprint density at radius 2 is 1.89 bits per heavy atom. The Hall–Kier alpha value is -0.450. The Kier molecular flexibility index (Phi) is 4.76. The van der Waals surface area contributed by atoms with Crippen LogP contribution in [-0.4, -0.2) is 26.9 Å². The minimum absolute atomic E-state index is 0.420. The van der Waals surface area contributed by atoms with E-state index in [2.05, 4.69) is 20.9 Å². The summed E-state index contributed by atoms with van der Waals surface area (Å²) in [6, 6.07) is 3.79. The number of aliphatic hydroxyl groups is 2. The highest BCUT2D eigenvalue weighted by Gasteiger charge is 2.35. The first kappa shape index (κ1) is 14.0. The lowest BCUT2D eigenvalue weighted by Gasteiger charge is -2.32. The Balaban J connectivity index is 2.01. The third-order valence-electron chi connectivity index (χ3n) is 3.78. The summed E-state index contributed by atoms with van der Waals surface area (Å²) in [6.45, 7) is 0. The number of nitrogens with zero attached hydrogens (tertiary/aromatic N) is 1. The van der Waals surface area contributed by atoms with E-state index in [-0.39, 0.29) is 0 Å². The number of hydrogen-bond acceptors (Lipinski definition) is 3. The topological polar surface area (TPSA) is 53.4 Å². The van der Waals surface area contributed by atoms with Gasteiger partial charge in [0.1, 0.15) is 0 Å². The summed E-state index contributed by atoms with van der Waals surface area (Å²) in [5.74, 6) is 0. The van der Waals surface area contributed by atoms with Gasteiger partial charge in [-0.3, -0.25) is 4.98 Å². The number of aromatic nitrogens is 1. The van der Waals surface area contributed by atoms with Gasteiger partial charge in [-0.05, 0) is 40.9 Å². The molecule has 1 saturated carbocycles. The molecule has 0 saturated heterocycles. The summed E-state index contributed by atoms with van der Waals surface area (Å²) in [5.41, 5.74) is -0.103. The van der Waals surface area contributed by atoms with Gasteiger partial charge in [0, 0.05) is 22.8 Å². The molecule has 18 heavy (non-hydrogen) atoms. The van der Waals surface area contributed by atoms with Crippen LogP contribution in [-0.2, 0) is 6.42 Å². The number of rotatable bonds is 3. The van der Waals surface area contributed by atoms with E-state index in [1.54, 1.807) is 6.20 Å². The van der Waals surface area contributed by atoms with Crippen LogP contribution in [0.1, 0.15) is 44.2 Å². The maximum Gasteiger partial charge on any atom is 0.0909 e. The summed E-state index contributed by atoms with van der Waals surface area (Å²) in [5, 5.41) is 20.8. The first-order valence-electron chi connectivity index (χ1n) is 6.61. The van der Waals surface area contributed by atoms with Crippen LogP contribution in [0.4, 0.5) is 0 Å². The molecule has 1 aliphatic carbocycles. The van der Waals surface area contributed by atoms with E-state index < -0.39 is 11.7 Å². The fourth-order valence-electron chi connectivity index (χ4n) is 2.59. The third-order valence-corrected chi connectivity index (χ3v) is 4.25. The second-order valence-corrected chi connectivity index (χ2v) is 6.12. The fraction of sp³-hybridized carbons (Fsp3) is 0.643. The Bertz CT molecular complexity index is 372. The van der Waals surface area contributed by atoms with Gasteiger partial charge in [-0.15, -0.1) is 0 Å². The van der Waals surface area contributed by atoms with Gasteiger partial charge in [-0.2, -0.15) is 0 Å². The van der Waals surface area contributed by atoms with Gasteiger partial charge in [0.15, 0.2) is 0 Å². The molecule has 1 unspecified atom stereocenters. The molecule has 1 heterocycles. The molecular weight excluding hydrogens is 294 g/mol. The largest absolute Gasteiger partial charge is 0.390 e. The lowest BCUT2D eigenvalue weighted by molar-refractivity contribution is -0.0840. The average Bonchev–Trinajstić information content (AvgIpc) is 2.58. The quantitative estimate of drug-likeness (QED) is 0.844. The van der Waals surface area contributed by atoms with Crippen LogP contribution in [0.5, 0.6) is 0 Å². The third kappa shape index (κ3) is 3.53. The summed E-state index contributed by atoms with van der Waals surface area (Å²) < 4.78 is 0.925. The first-order valence-corrected chi connectivity index (χ1v) is 7.40. The molecule has 2 rings (SSSR count). The second kappa shape index (κ2) is 6.13. The molecule has 4 heteroatoms. The van der Waals surface area contributed by atoms with Crippen LogP contribution in [0.25, 0.3) is 0 Å². The molecule has 1 aliphatic rings. The monoisotopic (exact) mass is 313 g/mol. The average molecular weight is 314 g/mol. The Morgan fingerprint density at radius 1 is 1.22 bits per heavy atom. The van der Waals surface area contributed by atoms with Gasteiger partial charge in [-0.1, -0.05) is 25.7 Å². The molecule has 3 nitrogen and oxygen atoms in total.